The molecule has 1 aromatic carbocycles. The quantitative estimate of drug-likeness (QED) is 0.782. The van der Waals surface area contributed by atoms with Gasteiger partial charge in [0.05, 0.1) is 0 Å². The minimum absolute atomic E-state index is 0.236. The summed E-state index contributed by atoms with van der Waals surface area (Å²) in [6, 6.07) is 6.76. The second-order valence-electron chi connectivity index (χ2n) is 6.65. The third kappa shape index (κ3) is 6.63. The Morgan fingerprint density at radius 1 is 1.00 bits per heavy atom. The molecule has 0 saturated heterocycles. The van der Waals surface area contributed by atoms with Gasteiger partial charge in [0.2, 0.25) is 0 Å². The summed E-state index contributed by atoms with van der Waals surface area (Å²) < 4.78 is 0. The summed E-state index contributed by atoms with van der Waals surface area (Å²) in [7, 11) is 2.19. The maximum Gasteiger partial charge on any atom is 0.0368 e. The first-order valence-electron chi connectivity index (χ1n) is 7.32. The van der Waals surface area contributed by atoms with Gasteiger partial charge in [-0.3, -0.25) is 0 Å². The van der Waals surface area contributed by atoms with E-state index in [1.54, 1.807) is 0 Å². The average molecular weight is 262 g/mol. The van der Waals surface area contributed by atoms with Crippen molar-refractivity contribution in [1.82, 2.24) is 5.32 Å². The van der Waals surface area contributed by atoms with E-state index in [1.807, 2.05) is 0 Å². The minimum atomic E-state index is 0.236. The van der Waals surface area contributed by atoms with Crippen molar-refractivity contribution in [3.8, 4) is 0 Å². The van der Waals surface area contributed by atoms with E-state index in [4.69, 9.17) is 0 Å². The SMILES string of the molecule is Cc1cc(C)cc(N(C)CCCCNC(C)(C)C)c1. The second-order valence-corrected chi connectivity index (χ2v) is 6.65. The monoisotopic (exact) mass is 262 g/mol. The van der Waals surface area contributed by atoms with E-state index >= 15 is 0 Å². The molecule has 0 saturated carbocycles. The molecular weight excluding hydrogens is 232 g/mol. The molecule has 1 rings (SSSR count). The van der Waals surface area contributed by atoms with Gasteiger partial charge in [0.1, 0.15) is 0 Å². The van der Waals surface area contributed by atoms with Crippen LogP contribution in [0.5, 0.6) is 0 Å². The van der Waals surface area contributed by atoms with Gasteiger partial charge in [-0.2, -0.15) is 0 Å². The average Bonchev–Trinajstić information content (AvgIpc) is 2.25. The number of benzene rings is 1. The Morgan fingerprint density at radius 2 is 1.58 bits per heavy atom. The van der Waals surface area contributed by atoms with Gasteiger partial charge in [-0.25, -0.2) is 0 Å². The summed E-state index contributed by atoms with van der Waals surface area (Å²) in [5, 5.41) is 3.54. The lowest BCUT2D eigenvalue weighted by Gasteiger charge is -2.22. The third-order valence-electron chi connectivity index (χ3n) is 3.22. The Labute approximate surface area is 119 Å². The van der Waals surface area contributed by atoms with E-state index < -0.39 is 0 Å². The van der Waals surface area contributed by atoms with Crippen LogP contribution in [0.15, 0.2) is 18.2 Å². The fourth-order valence-electron chi connectivity index (χ4n) is 2.24. The molecule has 0 aliphatic rings. The topological polar surface area (TPSA) is 15.3 Å². The van der Waals surface area contributed by atoms with E-state index in [-0.39, 0.29) is 5.54 Å². The van der Waals surface area contributed by atoms with Gasteiger partial charge in [0.25, 0.3) is 0 Å². The maximum absolute atomic E-state index is 3.54. The highest BCUT2D eigenvalue weighted by molar-refractivity contribution is 5.50. The Kier molecular flexibility index (Phi) is 5.86. The van der Waals surface area contributed by atoms with Crippen LogP contribution in [0.3, 0.4) is 0 Å². The van der Waals surface area contributed by atoms with Crippen LogP contribution in [0.1, 0.15) is 44.7 Å². The predicted octanol–water partition coefficient (Wildman–Crippen LogP) is 3.91. The molecule has 0 bridgehead atoms. The molecule has 0 spiro atoms. The molecule has 0 radical (unpaired) electrons. The third-order valence-corrected chi connectivity index (χ3v) is 3.22. The fourth-order valence-corrected chi connectivity index (χ4v) is 2.24. The molecule has 0 aromatic heterocycles. The molecule has 0 heterocycles. The van der Waals surface area contributed by atoms with Crippen LogP contribution in [0, 0.1) is 13.8 Å². The van der Waals surface area contributed by atoms with Gasteiger partial charge >= 0.3 is 0 Å². The first kappa shape index (κ1) is 16.0. The first-order chi connectivity index (χ1) is 8.78. The summed E-state index contributed by atoms with van der Waals surface area (Å²) in [5.74, 6) is 0. The van der Waals surface area contributed by atoms with Crippen LogP contribution in [0.4, 0.5) is 5.69 Å². The molecule has 2 heteroatoms. The lowest BCUT2D eigenvalue weighted by molar-refractivity contribution is 0.419. The van der Waals surface area contributed by atoms with Crippen molar-refractivity contribution >= 4 is 5.69 Å². The lowest BCUT2D eigenvalue weighted by Crippen LogP contribution is -2.36. The largest absolute Gasteiger partial charge is 0.375 e. The zero-order chi connectivity index (χ0) is 14.5. The molecule has 0 atom stereocenters. The van der Waals surface area contributed by atoms with E-state index in [1.165, 1.54) is 29.7 Å². The van der Waals surface area contributed by atoms with Gasteiger partial charge in [-0.05, 0) is 77.3 Å². The van der Waals surface area contributed by atoms with Crippen LogP contribution in [-0.2, 0) is 0 Å². The summed E-state index contributed by atoms with van der Waals surface area (Å²) in [6.07, 6.45) is 2.46. The molecule has 1 N–H and O–H groups in total. The molecule has 2 nitrogen and oxygen atoms in total. The number of rotatable bonds is 6. The van der Waals surface area contributed by atoms with Crippen molar-refractivity contribution in [2.75, 3.05) is 25.0 Å². The van der Waals surface area contributed by atoms with E-state index in [2.05, 4.69) is 70.1 Å². The van der Waals surface area contributed by atoms with Crippen molar-refractivity contribution in [2.24, 2.45) is 0 Å². The van der Waals surface area contributed by atoms with Crippen LogP contribution < -0.4 is 10.2 Å². The highest BCUT2D eigenvalue weighted by Crippen LogP contribution is 2.17. The molecular formula is C17H30N2. The Hall–Kier alpha value is -1.02. The van der Waals surface area contributed by atoms with Crippen LogP contribution in [0.2, 0.25) is 0 Å². The maximum atomic E-state index is 3.54. The Bertz CT molecular complexity index is 370. The minimum Gasteiger partial charge on any atom is -0.375 e. The van der Waals surface area contributed by atoms with Crippen LogP contribution in [0.25, 0.3) is 0 Å². The number of aryl methyl sites for hydroxylation is 2. The van der Waals surface area contributed by atoms with Gasteiger partial charge < -0.3 is 10.2 Å². The van der Waals surface area contributed by atoms with Crippen LogP contribution >= 0.6 is 0 Å². The molecule has 0 amide bonds. The summed E-state index contributed by atoms with van der Waals surface area (Å²) in [6.45, 7) is 13.2. The lowest BCUT2D eigenvalue weighted by atomic mass is 10.1. The molecule has 0 unspecified atom stereocenters. The van der Waals surface area contributed by atoms with E-state index in [9.17, 15) is 0 Å². The number of hydrogen-bond donors (Lipinski definition) is 1. The van der Waals surface area contributed by atoms with E-state index in [0.29, 0.717) is 0 Å². The molecule has 0 aliphatic heterocycles. The second kappa shape index (κ2) is 6.95. The molecule has 1 aromatic rings. The zero-order valence-corrected chi connectivity index (χ0v) is 13.5. The molecule has 0 fully saturated rings. The summed E-state index contributed by atoms with van der Waals surface area (Å²) in [5.41, 5.74) is 4.26. The van der Waals surface area contributed by atoms with Gasteiger partial charge in [-0.15, -0.1) is 0 Å². The van der Waals surface area contributed by atoms with E-state index in [0.717, 1.165) is 13.1 Å². The van der Waals surface area contributed by atoms with Crippen molar-refractivity contribution in [1.29, 1.82) is 0 Å². The Balaban J connectivity index is 2.33. The Morgan fingerprint density at radius 3 is 2.11 bits per heavy atom. The van der Waals surface area contributed by atoms with Gasteiger partial charge in [0.15, 0.2) is 0 Å². The van der Waals surface area contributed by atoms with Crippen LogP contribution in [-0.4, -0.2) is 25.7 Å². The number of nitrogens with one attached hydrogen (secondary N) is 1. The zero-order valence-electron chi connectivity index (χ0n) is 13.5. The molecule has 19 heavy (non-hydrogen) atoms. The molecule has 108 valence electrons. The highest BCUT2D eigenvalue weighted by Gasteiger charge is 2.07. The number of anilines is 1. The normalized spacial score (nSPS) is 11.7. The first-order valence-corrected chi connectivity index (χ1v) is 7.32. The summed E-state index contributed by atoms with van der Waals surface area (Å²) in [4.78, 5) is 2.36. The van der Waals surface area contributed by atoms with Crippen molar-refractivity contribution < 1.29 is 0 Å². The predicted molar refractivity (Wildman–Crippen MR) is 86.2 cm³/mol. The van der Waals surface area contributed by atoms with Crippen molar-refractivity contribution in [3.05, 3.63) is 29.3 Å². The number of hydrogen-bond acceptors (Lipinski definition) is 2. The van der Waals surface area contributed by atoms with Crippen molar-refractivity contribution in [2.45, 2.75) is 53.0 Å². The molecule has 0 aliphatic carbocycles. The number of unbranched alkanes of at least 4 members (excludes halogenated alkanes) is 1. The van der Waals surface area contributed by atoms with Gasteiger partial charge in [0, 0.05) is 24.8 Å². The highest BCUT2D eigenvalue weighted by atomic mass is 15.1. The smallest absolute Gasteiger partial charge is 0.0368 e. The number of nitrogens with zero attached hydrogens (tertiary/aromatic N) is 1. The standard InChI is InChI=1S/C17H30N2/c1-14-11-15(2)13-16(12-14)19(6)10-8-7-9-18-17(3,4)5/h11-13,18H,7-10H2,1-6H3. The van der Waals surface area contributed by atoms with Crippen molar-refractivity contribution in [3.63, 3.8) is 0 Å². The fraction of sp³-hybridized carbons (Fsp3) is 0.647. The van der Waals surface area contributed by atoms with Gasteiger partial charge in [-0.1, -0.05) is 6.07 Å². The summed E-state index contributed by atoms with van der Waals surface area (Å²) >= 11 is 0.